The number of methoxy groups -OCH3 is 1. The van der Waals surface area contributed by atoms with Gasteiger partial charge in [0, 0.05) is 24.7 Å². The quantitative estimate of drug-likeness (QED) is 0.883. The van der Waals surface area contributed by atoms with Crippen LogP contribution in [0.15, 0.2) is 12.4 Å². The Kier molecular flexibility index (Phi) is 4.34. The van der Waals surface area contributed by atoms with E-state index in [9.17, 15) is 4.79 Å². The van der Waals surface area contributed by atoms with Crippen molar-refractivity contribution in [2.24, 2.45) is 0 Å². The molecule has 1 aliphatic heterocycles. The zero-order valence-corrected chi connectivity index (χ0v) is 12.4. The number of rotatable bonds is 5. The molecule has 0 bridgehead atoms. The monoisotopic (exact) mass is 290 g/mol. The Balaban J connectivity index is 1.56. The van der Waals surface area contributed by atoms with E-state index in [1.54, 1.807) is 6.07 Å². The number of piperidine rings is 1. The van der Waals surface area contributed by atoms with Crippen molar-refractivity contribution in [1.82, 2.24) is 20.2 Å². The van der Waals surface area contributed by atoms with Crippen LogP contribution in [0.5, 0.6) is 5.88 Å². The SMILES string of the molecule is COc1cc(C(=O)NC[C@H]2CCCCN2C2CC2)ncn1. The van der Waals surface area contributed by atoms with Crippen molar-refractivity contribution < 1.29 is 9.53 Å². The fourth-order valence-corrected chi connectivity index (χ4v) is 3.01. The molecule has 114 valence electrons. The van der Waals surface area contributed by atoms with E-state index in [4.69, 9.17) is 4.74 Å². The molecule has 1 saturated heterocycles. The first kappa shape index (κ1) is 14.3. The Morgan fingerprint density at radius 1 is 1.38 bits per heavy atom. The van der Waals surface area contributed by atoms with Crippen molar-refractivity contribution in [3.05, 3.63) is 18.1 Å². The maximum atomic E-state index is 12.2. The lowest BCUT2D eigenvalue weighted by Gasteiger charge is -2.35. The fraction of sp³-hybridized carbons (Fsp3) is 0.667. The van der Waals surface area contributed by atoms with Crippen molar-refractivity contribution in [2.75, 3.05) is 20.2 Å². The van der Waals surface area contributed by atoms with Gasteiger partial charge in [-0.1, -0.05) is 6.42 Å². The van der Waals surface area contributed by atoms with E-state index in [1.165, 1.54) is 52.1 Å². The molecule has 6 heteroatoms. The Morgan fingerprint density at radius 3 is 3.00 bits per heavy atom. The molecule has 1 amide bonds. The van der Waals surface area contributed by atoms with Gasteiger partial charge in [0.25, 0.3) is 5.91 Å². The summed E-state index contributed by atoms with van der Waals surface area (Å²) in [6.07, 6.45) is 7.69. The average molecular weight is 290 g/mol. The van der Waals surface area contributed by atoms with Crippen LogP contribution in [0, 0.1) is 0 Å². The molecule has 3 rings (SSSR count). The van der Waals surface area contributed by atoms with Crippen LogP contribution in [-0.4, -0.2) is 53.1 Å². The number of nitrogens with zero attached hydrogens (tertiary/aromatic N) is 3. The topological polar surface area (TPSA) is 67.3 Å². The summed E-state index contributed by atoms with van der Waals surface area (Å²) in [5, 5.41) is 3.01. The van der Waals surface area contributed by atoms with E-state index in [0.29, 0.717) is 24.2 Å². The first-order valence-corrected chi connectivity index (χ1v) is 7.68. The molecular formula is C15H22N4O2. The van der Waals surface area contributed by atoms with Gasteiger partial charge >= 0.3 is 0 Å². The van der Waals surface area contributed by atoms with Crippen molar-refractivity contribution in [2.45, 2.75) is 44.2 Å². The predicted molar refractivity (Wildman–Crippen MR) is 78.3 cm³/mol. The van der Waals surface area contributed by atoms with Crippen molar-refractivity contribution >= 4 is 5.91 Å². The van der Waals surface area contributed by atoms with E-state index < -0.39 is 0 Å². The zero-order valence-electron chi connectivity index (χ0n) is 12.4. The molecule has 2 aliphatic rings. The summed E-state index contributed by atoms with van der Waals surface area (Å²) >= 11 is 0. The van der Waals surface area contributed by atoms with Crippen LogP contribution in [0.4, 0.5) is 0 Å². The molecule has 1 aromatic heterocycles. The summed E-state index contributed by atoms with van der Waals surface area (Å²) in [5.41, 5.74) is 0.357. The molecule has 2 fully saturated rings. The first-order valence-electron chi connectivity index (χ1n) is 7.68. The summed E-state index contributed by atoms with van der Waals surface area (Å²) in [6.45, 7) is 1.87. The van der Waals surface area contributed by atoms with Gasteiger partial charge in [-0.25, -0.2) is 9.97 Å². The average Bonchev–Trinajstić information content (AvgIpc) is 3.37. The number of nitrogens with one attached hydrogen (secondary N) is 1. The highest BCUT2D eigenvalue weighted by atomic mass is 16.5. The van der Waals surface area contributed by atoms with Gasteiger partial charge in [-0.15, -0.1) is 0 Å². The van der Waals surface area contributed by atoms with Crippen molar-refractivity contribution in [3.63, 3.8) is 0 Å². The van der Waals surface area contributed by atoms with Gasteiger partial charge in [0.2, 0.25) is 5.88 Å². The van der Waals surface area contributed by atoms with Gasteiger partial charge in [0.1, 0.15) is 12.0 Å². The second-order valence-corrected chi connectivity index (χ2v) is 5.77. The van der Waals surface area contributed by atoms with Gasteiger partial charge in [0.15, 0.2) is 0 Å². The Morgan fingerprint density at radius 2 is 2.24 bits per heavy atom. The summed E-state index contributed by atoms with van der Waals surface area (Å²) in [4.78, 5) is 22.7. The first-order chi connectivity index (χ1) is 10.3. The molecule has 1 saturated carbocycles. The van der Waals surface area contributed by atoms with Gasteiger partial charge in [0.05, 0.1) is 7.11 Å². The minimum absolute atomic E-state index is 0.156. The number of aromatic nitrogens is 2. The van der Waals surface area contributed by atoms with E-state index >= 15 is 0 Å². The van der Waals surface area contributed by atoms with Gasteiger partial charge in [-0.2, -0.15) is 0 Å². The second-order valence-electron chi connectivity index (χ2n) is 5.77. The maximum absolute atomic E-state index is 12.2. The van der Waals surface area contributed by atoms with Crippen molar-refractivity contribution in [3.8, 4) is 5.88 Å². The molecule has 0 spiro atoms. The smallest absolute Gasteiger partial charge is 0.270 e. The summed E-state index contributed by atoms with van der Waals surface area (Å²) in [5.74, 6) is 0.254. The zero-order chi connectivity index (χ0) is 14.7. The van der Waals surface area contributed by atoms with E-state index in [1.807, 2.05) is 0 Å². The molecule has 6 nitrogen and oxygen atoms in total. The lowest BCUT2D eigenvalue weighted by atomic mass is 10.0. The third-order valence-electron chi connectivity index (χ3n) is 4.27. The van der Waals surface area contributed by atoms with Crippen LogP contribution in [0.25, 0.3) is 0 Å². The molecule has 21 heavy (non-hydrogen) atoms. The van der Waals surface area contributed by atoms with Crippen LogP contribution in [0.2, 0.25) is 0 Å². The number of carbonyl (C=O) groups excluding carboxylic acids is 1. The van der Waals surface area contributed by atoms with Gasteiger partial charge < -0.3 is 10.1 Å². The molecule has 0 radical (unpaired) electrons. The number of likely N-dealkylation sites (tertiary alicyclic amines) is 1. The third kappa shape index (κ3) is 3.50. The second kappa shape index (κ2) is 6.39. The predicted octanol–water partition coefficient (Wildman–Crippen LogP) is 1.23. The summed E-state index contributed by atoms with van der Waals surface area (Å²) in [6, 6.07) is 2.79. The number of hydrogen-bond acceptors (Lipinski definition) is 5. The summed E-state index contributed by atoms with van der Waals surface area (Å²) in [7, 11) is 1.53. The van der Waals surface area contributed by atoms with Crippen LogP contribution >= 0.6 is 0 Å². The van der Waals surface area contributed by atoms with Crippen molar-refractivity contribution in [1.29, 1.82) is 0 Å². The molecule has 0 aromatic carbocycles. The number of hydrogen-bond donors (Lipinski definition) is 1. The number of ether oxygens (including phenoxy) is 1. The van der Waals surface area contributed by atoms with Crippen LogP contribution in [0.3, 0.4) is 0 Å². The number of amides is 1. The standard InChI is InChI=1S/C15H22N4O2/c1-21-14-8-13(17-10-18-14)15(20)16-9-12-4-2-3-7-19(12)11-5-6-11/h8,10-12H,2-7,9H2,1H3,(H,16,20)/t12-/m1/s1. The molecule has 1 aliphatic carbocycles. The Bertz CT molecular complexity index is 504. The molecule has 0 unspecified atom stereocenters. The van der Waals surface area contributed by atoms with Gasteiger partial charge in [-0.3, -0.25) is 9.69 Å². The van der Waals surface area contributed by atoms with E-state index in [2.05, 4.69) is 20.2 Å². The van der Waals surface area contributed by atoms with E-state index in [-0.39, 0.29) is 5.91 Å². The maximum Gasteiger partial charge on any atom is 0.270 e. The lowest BCUT2D eigenvalue weighted by Crippen LogP contribution is -2.47. The molecule has 1 N–H and O–H groups in total. The highest BCUT2D eigenvalue weighted by Crippen LogP contribution is 2.32. The highest BCUT2D eigenvalue weighted by Gasteiger charge is 2.35. The third-order valence-corrected chi connectivity index (χ3v) is 4.27. The molecular weight excluding hydrogens is 268 g/mol. The Hall–Kier alpha value is -1.69. The molecule has 2 heterocycles. The van der Waals surface area contributed by atoms with Crippen LogP contribution in [-0.2, 0) is 0 Å². The minimum atomic E-state index is -0.156. The summed E-state index contributed by atoms with van der Waals surface area (Å²) < 4.78 is 5.02. The molecule has 1 aromatic rings. The van der Waals surface area contributed by atoms with E-state index in [0.717, 1.165) is 6.04 Å². The normalized spacial score (nSPS) is 22.8. The lowest BCUT2D eigenvalue weighted by molar-refractivity contribution is 0.0901. The van der Waals surface area contributed by atoms with Gasteiger partial charge in [-0.05, 0) is 32.2 Å². The van der Waals surface area contributed by atoms with Crippen LogP contribution in [0.1, 0.15) is 42.6 Å². The largest absolute Gasteiger partial charge is 0.481 e. The fourth-order valence-electron chi connectivity index (χ4n) is 3.01. The Labute approximate surface area is 124 Å². The highest BCUT2D eigenvalue weighted by molar-refractivity contribution is 5.92. The van der Waals surface area contributed by atoms with Crippen LogP contribution < -0.4 is 10.1 Å². The number of carbonyl (C=O) groups is 1. The molecule has 1 atom stereocenters. The minimum Gasteiger partial charge on any atom is -0.481 e.